The Kier molecular flexibility index (Phi) is 7.67. The van der Waals surface area contributed by atoms with E-state index in [0.717, 1.165) is 11.1 Å². The lowest BCUT2D eigenvalue weighted by Crippen LogP contribution is -2.49. The van der Waals surface area contributed by atoms with Crippen molar-refractivity contribution in [3.63, 3.8) is 0 Å². The predicted molar refractivity (Wildman–Crippen MR) is 107 cm³/mol. The first-order valence-electron chi connectivity index (χ1n) is 8.90. The van der Waals surface area contributed by atoms with E-state index in [9.17, 15) is 9.59 Å². The molecule has 0 aliphatic rings. The van der Waals surface area contributed by atoms with Crippen LogP contribution in [0.5, 0.6) is 5.75 Å². The highest BCUT2D eigenvalue weighted by atomic mass is 35.5. The lowest BCUT2D eigenvalue weighted by Gasteiger charge is -2.30. The highest BCUT2D eigenvalue weighted by Gasteiger charge is 2.28. The van der Waals surface area contributed by atoms with Crippen LogP contribution >= 0.6 is 11.6 Å². The number of rotatable bonds is 8. The molecule has 0 aliphatic heterocycles. The molecule has 27 heavy (non-hydrogen) atoms. The van der Waals surface area contributed by atoms with Gasteiger partial charge in [0.2, 0.25) is 5.91 Å². The molecule has 144 valence electrons. The zero-order valence-corrected chi connectivity index (χ0v) is 16.6. The molecule has 0 bridgehead atoms. The predicted octanol–water partition coefficient (Wildman–Crippen LogP) is 3.58. The Balaban J connectivity index is 2.19. The van der Waals surface area contributed by atoms with Crippen molar-refractivity contribution in [1.82, 2.24) is 10.2 Å². The van der Waals surface area contributed by atoms with Crippen molar-refractivity contribution < 1.29 is 14.3 Å². The first-order chi connectivity index (χ1) is 13.0. The summed E-state index contributed by atoms with van der Waals surface area (Å²) in [7, 11) is 1.57. The number of carbonyl (C=O) groups is 2. The molecule has 0 saturated heterocycles. The minimum atomic E-state index is -0.571. The molecule has 0 saturated carbocycles. The topological polar surface area (TPSA) is 58.6 Å². The van der Waals surface area contributed by atoms with Crippen LogP contribution in [0.1, 0.15) is 24.5 Å². The molecule has 6 heteroatoms. The van der Waals surface area contributed by atoms with Gasteiger partial charge in [-0.1, -0.05) is 48.9 Å². The van der Waals surface area contributed by atoms with E-state index in [-0.39, 0.29) is 18.4 Å². The zero-order valence-electron chi connectivity index (χ0n) is 15.9. The maximum absolute atomic E-state index is 12.9. The SMILES string of the molecule is CCC(C(=O)NC)N(Cc1ccc(Cl)cc1)C(=O)COc1ccccc1C. The normalized spacial score (nSPS) is 11.6. The third-order valence-corrected chi connectivity index (χ3v) is 4.60. The van der Waals surface area contributed by atoms with Crippen LogP contribution in [0.25, 0.3) is 0 Å². The Bertz CT molecular complexity index is 777. The first-order valence-corrected chi connectivity index (χ1v) is 9.28. The summed E-state index contributed by atoms with van der Waals surface area (Å²) in [5, 5.41) is 3.26. The molecule has 2 aromatic rings. The fourth-order valence-corrected chi connectivity index (χ4v) is 2.94. The van der Waals surface area contributed by atoms with Gasteiger partial charge in [0.25, 0.3) is 5.91 Å². The molecule has 1 unspecified atom stereocenters. The van der Waals surface area contributed by atoms with Crippen molar-refractivity contribution in [3.8, 4) is 5.75 Å². The Morgan fingerprint density at radius 2 is 1.81 bits per heavy atom. The van der Waals surface area contributed by atoms with E-state index in [2.05, 4.69) is 5.32 Å². The molecule has 5 nitrogen and oxygen atoms in total. The number of carbonyl (C=O) groups excluding carboxylic acids is 2. The molecule has 1 N–H and O–H groups in total. The lowest BCUT2D eigenvalue weighted by atomic mass is 10.1. The van der Waals surface area contributed by atoms with E-state index in [1.165, 1.54) is 0 Å². The number of aryl methyl sites for hydroxylation is 1. The summed E-state index contributed by atoms with van der Waals surface area (Å²) in [6.07, 6.45) is 0.503. The maximum atomic E-state index is 12.9. The van der Waals surface area contributed by atoms with E-state index < -0.39 is 6.04 Å². The summed E-state index contributed by atoms with van der Waals surface area (Å²) in [5.41, 5.74) is 1.85. The summed E-state index contributed by atoms with van der Waals surface area (Å²) < 4.78 is 5.70. The van der Waals surface area contributed by atoms with Gasteiger partial charge in [0.1, 0.15) is 11.8 Å². The van der Waals surface area contributed by atoms with Gasteiger partial charge in [0, 0.05) is 18.6 Å². The number of likely N-dealkylation sites (N-methyl/N-ethyl adjacent to an activating group) is 1. The largest absolute Gasteiger partial charge is 0.484 e. The van der Waals surface area contributed by atoms with Crippen LogP contribution in [0.4, 0.5) is 0 Å². The van der Waals surface area contributed by atoms with Crippen molar-refractivity contribution in [3.05, 3.63) is 64.7 Å². The van der Waals surface area contributed by atoms with Gasteiger partial charge in [-0.25, -0.2) is 0 Å². The van der Waals surface area contributed by atoms with Gasteiger partial charge in [0.15, 0.2) is 6.61 Å². The molecule has 0 fully saturated rings. The van der Waals surface area contributed by atoms with Gasteiger partial charge in [-0.2, -0.15) is 0 Å². The number of nitrogens with zero attached hydrogens (tertiary/aromatic N) is 1. The minimum Gasteiger partial charge on any atom is -0.484 e. The molecule has 0 radical (unpaired) electrons. The number of ether oxygens (including phenoxy) is 1. The Morgan fingerprint density at radius 3 is 2.41 bits per heavy atom. The quantitative estimate of drug-likeness (QED) is 0.751. The van der Waals surface area contributed by atoms with Crippen LogP contribution in [0, 0.1) is 6.92 Å². The lowest BCUT2D eigenvalue weighted by molar-refractivity contribution is -0.142. The van der Waals surface area contributed by atoms with Crippen LogP contribution in [-0.2, 0) is 16.1 Å². The number of halogens is 1. The number of benzene rings is 2. The van der Waals surface area contributed by atoms with E-state index in [1.54, 1.807) is 24.1 Å². The minimum absolute atomic E-state index is 0.133. The highest BCUT2D eigenvalue weighted by molar-refractivity contribution is 6.30. The molecule has 2 rings (SSSR count). The fourth-order valence-electron chi connectivity index (χ4n) is 2.81. The van der Waals surface area contributed by atoms with Crippen molar-refractivity contribution in [2.24, 2.45) is 0 Å². The third kappa shape index (κ3) is 5.73. The monoisotopic (exact) mass is 388 g/mol. The second-order valence-corrected chi connectivity index (χ2v) is 6.68. The van der Waals surface area contributed by atoms with Gasteiger partial charge >= 0.3 is 0 Å². The average Bonchev–Trinajstić information content (AvgIpc) is 2.68. The molecule has 2 amide bonds. The Hall–Kier alpha value is -2.53. The number of para-hydroxylation sites is 1. The standard InChI is InChI=1S/C21H25ClN2O3/c1-4-18(21(26)23-3)24(13-16-9-11-17(22)12-10-16)20(25)14-27-19-8-6-5-7-15(19)2/h5-12,18H,4,13-14H2,1-3H3,(H,23,26). The molecule has 0 spiro atoms. The zero-order chi connectivity index (χ0) is 19.8. The van der Waals surface area contributed by atoms with Gasteiger partial charge in [-0.05, 0) is 42.7 Å². The summed E-state index contributed by atoms with van der Waals surface area (Å²) in [5.74, 6) is 0.213. The van der Waals surface area contributed by atoms with Crippen LogP contribution in [0.15, 0.2) is 48.5 Å². The summed E-state index contributed by atoms with van der Waals surface area (Å²) in [6.45, 7) is 3.97. The van der Waals surface area contributed by atoms with Gasteiger partial charge in [-0.15, -0.1) is 0 Å². The second kappa shape index (κ2) is 9.97. The van der Waals surface area contributed by atoms with Crippen molar-refractivity contribution in [2.45, 2.75) is 32.9 Å². The maximum Gasteiger partial charge on any atom is 0.261 e. The van der Waals surface area contributed by atoms with Gasteiger partial charge in [0.05, 0.1) is 0 Å². The summed E-state index contributed by atoms with van der Waals surface area (Å²) >= 11 is 5.94. The Labute approximate surface area is 165 Å². The van der Waals surface area contributed by atoms with Crippen molar-refractivity contribution >= 4 is 23.4 Å². The highest BCUT2D eigenvalue weighted by Crippen LogP contribution is 2.18. The molecule has 1 atom stereocenters. The average molecular weight is 389 g/mol. The summed E-state index contributed by atoms with van der Waals surface area (Å²) in [4.78, 5) is 26.8. The smallest absolute Gasteiger partial charge is 0.261 e. The van der Waals surface area contributed by atoms with E-state index >= 15 is 0 Å². The van der Waals surface area contributed by atoms with E-state index in [1.807, 2.05) is 50.2 Å². The van der Waals surface area contributed by atoms with Crippen molar-refractivity contribution in [1.29, 1.82) is 0 Å². The molecular weight excluding hydrogens is 364 g/mol. The number of hydrogen-bond donors (Lipinski definition) is 1. The summed E-state index contributed by atoms with van der Waals surface area (Å²) in [6, 6.07) is 14.2. The first kappa shape index (κ1) is 20.8. The number of amides is 2. The Morgan fingerprint density at radius 1 is 1.15 bits per heavy atom. The van der Waals surface area contributed by atoms with Crippen molar-refractivity contribution in [2.75, 3.05) is 13.7 Å². The van der Waals surface area contributed by atoms with Gasteiger partial charge in [-0.3, -0.25) is 9.59 Å². The molecule has 0 aliphatic carbocycles. The number of nitrogens with one attached hydrogen (secondary N) is 1. The molecular formula is C21H25ClN2O3. The van der Waals surface area contributed by atoms with Gasteiger partial charge < -0.3 is 15.0 Å². The van der Waals surface area contributed by atoms with Crippen LogP contribution in [0.3, 0.4) is 0 Å². The number of hydrogen-bond acceptors (Lipinski definition) is 3. The second-order valence-electron chi connectivity index (χ2n) is 6.24. The molecule has 0 heterocycles. The molecule has 0 aromatic heterocycles. The van der Waals surface area contributed by atoms with Crippen LogP contribution < -0.4 is 10.1 Å². The molecule has 2 aromatic carbocycles. The third-order valence-electron chi connectivity index (χ3n) is 4.34. The van der Waals surface area contributed by atoms with Crippen LogP contribution in [-0.4, -0.2) is 36.4 Å². The fraction of sp³-hybridized carbons (Fsp3) is 0.333. The van der Waals surface area contributed by atoms with Crippen LogP contribution in [0.2, 0.25) is 5.02 Å². The van der Waals surface area contributed by atoms with E-state index in [0.29, 0.717) is 23.7 Å². The van der Waals surface area contributed by atoms with E-state index in [4.69, 9.17) is 16.3 Å².